The Morgan fingerprint density at radius 3 is 2.60 bits per heavy atom. The highest BCUT2D eigenvalue weighted by Crippen LogP contribution is 2.38. The molecule has 0 saturated heterocycles. The van der Waals surface area contributed by atoms with Crippen LogP contribution in [-0.2, 0) is 9.53 Å². The van der Waals surface area contributed by atoms with Gasteiger partial charge in [-0.25, -0.2) is 4.79 Å². The Balaban J connectivity index is 2.16. The quantitative estimate of drug-likeness (QED) is 0.652. The van der Waals surface area contributed by atoms with E-state index in [9.17, 15) is 4.79 Å². The number of ether oxygens (including phenoxy) is 1. The summed E-state index contributed by atoms with van der Waals surface area (Å²) >= 11 is 16.9. The zero-order valence-corrected chi connectivity index (χ0v) is 13.9. The molecule has 102 valence electrons. The molecule has 0 atom stereocenters. The lowest BCUT2D eigenvalue weighted by molar-refractivity contribution is -0.133. The van der Waals surface area contributed by atoms with Gasteiger partial charge >= 0.3 is 5.97 Å². The van der Waals surface area contributed by atoms with E-state index in [1.54, 1.807) is 29.5 Å². The summed E-state index contributed by atoms with van der Waals surface area (Å²) in [7, 11) is 0. The molecule has 1 aliphatic rings. The van der Waals surface area contributed by atoms with E-state index in [0.717, 1.165) is 19.8 Å². The van der Waals surface area contributed by atoms with E-state index in [1.807, 2.05) is 12.1 Å². The molecule has 0 N–H and O–H groups in total. The van der Waals surface area contributed by atoms with Crippen molar-refractivity contribution in [3.63, 3.8) is 0 Å². The second kappa shape index (κ2) is 5.53. The summed E-state index contributed by atoms with van der Waals surface area (Å²) < 4.78 is 6.18. The molecule has 0 bridgehead atoms. The molecule has 0 saturated carbocycles. The Hall–Kier alpha value is -0.810. The van der Waals surface area contributed by atoms with Gasteiger partial charge in [0.05, 0.1) is 19.4 Å². The van der Waals surface area contributed by atoms with Crippen LogP contribution in [0.3, 0.4) is 0 Å². The third-order valence-corrected chi connectivity index (χ3v) is 5.35. The average molecular weight is 390 g/mol. The van der Waals surface area contributed by atoms with Crippen LogP contribution in [0.4, 0.5) is 0 Å². The maximum atomic E-state index is 12.0. The molecule has 3 rings (SSSR count). The summed E-state index contributed by atoms with van der Waals surface area (Å²) in [4.78, 5) is 13.0. The Kier molecular flexibility index (Phi) is 3.91. The number of hydrogen-bond donors (Lipinski definition) is 0. The maximum absolute atomic E-state index is 12.0. The first-order chi connectivity index (χ1) is 9.56. The van der Waals surface area contributed by atoms with Gasteiger partial charge in [-0.15, -0.1) is 11.3 Å². The standard InChI is InChI=1S/C14H7BrCl2O2S/c15-12-4-3-11(20-12)8-6-19-14(18)13(8)7-1-2-9(16)10(17)5-7/h1-5H,6H2. The third kappa shape index (κ3) is 2.53. The molecule has 1 aliphatic heterocycles. The predicted octanol–water partition coefficient (Wildman–Crippen LogP) is 5.29. The van der Waals surface area contributed by atoms with Crippen LogP contribution in [0.1, 0.15) is 10.4 Å². The lowest BCUT2D eigenvalue weighted by Gasteiger charge is -2.04. The van der Waals surface area contributed by atoms with Gasteiger partial charge in [0.25, 0.3) is 0 Å². The topological polar surface area (TPSA) is 26.3 Å². The molecule has 0 radical (unpaired) electrons. The summed E-state index contributed by atoms with van der Waals surface area (Å²) in [5.74, 6) is -0.331. The van der Waals surface area contributed by atoms with Crippen molar-refractivity contribution in [1.29, 1.82) is 0 Å². The number of thiophene rings is 1. The largest absolute Gasteiger partial charge is 0.457 e. The van der Waals surface area contributed by atoms with E-state index in [1.165, 1.54) is 0 Å². The highest BCUT2D eigenvalue weighted by Gasteiger charge is 2.28. The Labute approximate surface area is 138 Å². The van der Waals surface area contributed by atoms with Gasteiger partial charge in [0, 0.05) is 10.5 Å². The molecule has 0 unspecified atom stereocenters. The van der Waals surface area contributed by atoms with E-state index in [-0.39, 0.29) is 12.6 Å². The molecule has 0 spiro atoms. The molecule has 2 aromatic rings. The molecule has 0 fully saturated rings. The molecule has 1 aromatic carbocycles. The lowest BCUT2D eigenvalue weighted by atomic mass is 10.0. The van der Waals surface area contributed by atoms with Crippen molar-refractivity contribution >= 4 is 67.6 Å². The molecule has 20 heavy (non-hydrogen) atoms. The van der Waals surface area contributed by atoms with Crippen molar-refractivity contribution in [3.8, 4) is 0 Å². The van der Waals surface area contributed by atoms with Crippen LogP contribution in [0, 0.1) is 0 Å². The van der Waals surface area contributed by atoms with E-state index in [2.05, 4.69) is 15.9 Å². The summed E-state index contributed by atoms with van der Waals surface area (Å²) in [6.45, 7) is 0.279. The van der Waals surface area contributed by atoms with Crippen LogP contribution in [-0.4, -0.2) is 12.6 Å². The van der Waals surface area contributed by atoms with Crippen molar-refractivity contribution < 1.29 is 9.53 Å². The highest BCUT2D eigenvalue weighted by molar-refractivity contribution is 9.11. The fraction of sp³-hybridized carbons (Fsp3) is 0.0714. The Morgan fingerprint density at radius 2 is 1.95 bits per heavy atom. The third-order valence-electron chi connectivity index (χ3n) is 2.93. The normalized spacial score (nSPS) is 14.8. The number of carbonyl (C=O) groups is 1. The number of cyclic esters (lactones) is 1. The van der Waals surface area contributed by atoms with Crippen molar-refractivity contribution in [2.75, 3.05) is 6.61 Å². The second-order valence-electron chi connectivity index (χ2n) is 4.16. The molecule has 2 heterocycles. The van der Waals surface area contributed by atoms with Crippen LogP contribution in [0.5, 0.6) is 0 Å². The van der Waals surface area contributed by atoms with Crippen molar-refractivity contribution in [2.45, 2.75) is 0 Å². The van der Waals surface area contributed by atoms with Crippen LogP contribution in [0.15, 0.2) is 34.1 Å². The SMILES string of the molecule is O=C1OCC(c2ccc(Br)s2)=C1c1ccc(Cl)c(Cl)c1. The highest BCUT2D eigenvalue weighted by atomic mass is 79.9. The molecular weight excluding hydrogens is 383 g/mol. The van der Waals surface area contributed by atoms with Crippen LogP contribution in [0.25, 0.3) is 11.1 Å². The molecule has 2 nitrogen and oxygen atoms in total. The van der Waals surface area contributed by atoms with E-state index < -0.39 is 0 Å². The smallest absolute Gasteiger partial charge is 0.339 e. The fourth-order valence-electron chi connectivity index (χ4n) is 2.02. The summed E-state index contributed by atoms with van der Waals surface area (Å²) in [6.07, 6.45) is 0. The average Bonchev–Trinajstić information content (AvgIpc) is 2.99. The summed E-state index contributed by atoms with van der Waals surface area (Å²) in [6, 6.07) is 9.05. The monoisotopic (exact) mass is 388 g/mol. The molecule has 0 aliphatic carbocycles. The maximum Gasteiger partial charge on any atom is 0.339 e. The summed E-state index contributed by atoms with van der Waals surface area (Å²) in [5.41, 5.74) is 2.16. The first-order valence-electron chi connectivity index (χ1n) is 5.67. The number of benzene rings is 1. The zero-order chi connectivity index (χ0) is 14.3. The minimum Gasteiger partial charge on any atom is -0.457 e. The zero-order valence-electron chi connectivity index (χ0n) is 9.95. The number of halogens is 3. The fourth-order valence-corrected chi connectivity index (χ4v) is 3.74. The van der Waals surface area contributed by atoms with Crippen LogP contribution in [0.2, 0.25) is 10.0 Å². The van der Waals surface area contributed by atoms with Gasteiger partial charge in [-0.05, 0) is 45.8 Å². The van der Waals surface area contributed by atoms with Gasteiger partial charge in [-0.2, -0.15) is 0 Å². The minimum absolute atomic E-state index is 0.279. The number of carbonyl (C=O) groups excluding carboxylic acids is 1. The van der Waals surface area contributed by atoms with Crippen LogP contribution >= 0.6 is 50.5 Å². The predicted molar refractivity (Wildman–Crippen MR) is 86.3 cm³/mol. The number of esters is 1. The number of rotatable bonds is 2. The summed E-state index contributed by atoms with van der Waals surface area (Å²) in [5, 5.41) is 0.880. The minimum atomic E-state index is -0.331. The van der Waals surface area contributed by atoms with Crippen molar-refractivity contribution in [1.82, 2.24) is 0 Å². The lowest BCUT2D eigenvalue weighted by Crippen LogP contribution is -1.98. The van der Waals surface area contributed by atoms with Crippen molar-refractivity contribution in [3.05, 3.63) is 54.6 Å². The van der Waals surface area contributed by atoms with Gasteiger partial charge in [0.2, 0.25) is 0 Å². The Bertz CT molecular complexity index is 737. The molecule has 0 amide bonds. The molecule has 6 heteroatoms. The Morgan fingerprint density at radius 1 is 1.15 bits per heavy atom. The number of hydrogen-bond acceptors (Lipinski definition) is 3. The van der Waals surface area contributed by atoms with Gasteiger partial charge < -0.3 is 4.74 Å². The van der Waals surface area contributed by atoms with Gasteiger partial charge in [-0.1, -0.05) is 29.3 Å². The van der Waals surface area contributed by atoms with E-state index in [0.29, 0.717) is 15.6 Å². The van der Waals surface area contributed by atoms with E-state index in [4.69, 9.17) is 27.9 Å². The second-order valence-corrected chi connectivity index (χ2v) is 7.44. The molecule has 1 aromatic heterocycles. The first-order valence-corrected chi connectivity index (χ1v) is 8.04. The van der Waals surface area contributed by atoms with E-state index >= 15 is 0 Å². The first kappa shape index (κ1) is 14.1. The van der Waals surface area contributed by atoms with Crippen LogP contribution < -0.4 is 0 Å². The molecular formula is C14H7BrCl2O2S. The van der Waals surface area contributed by atoms with Gasteiger partial charge in [0.1, 0.15) is 6.61 Å². The van der Waals surface area contributed by atoms with Gasteiger partial charge in [0.15, 0.2) is 0 Å². The van der Waals surface area contributed by atoms with Gasteiger partial charge in [-0.3, -0.25) is 0 Å². The van der Waals surface area contributed by atoms with Crippen molar-refractivity contribution in [2.24, 2.45) is 0 Å².